The Bertz CT molecular complexity index is 1250. The molecule has 11 heteroatoms. The molecule has 30 heavy (non-hydrogen) atoms. The van der Waals surface area contributed by atoms with Crippen LogP contribution < -0.4 is 16.1 Å². The maximum Gasteiger partial charge on any atom is 0.332 e. The Balaban J connectivity index is 1.54. The summed E-state index contributed by atoms with van der Waals surface area (Å²) in [4.78, 5) is 45.6. The van der Waals surface area contributed by atoms with E-state index < -0.39 is 11.2 Å². The Morgan fingerprint density at radius 2 is 1.77 bits per heavy atom. The first kappa shape index (κ1) is 20.5. The molecule has 0 spiro atoms. The molecule has 1 amide bonds. The second-order valence-electron chi connectivity index (χ2n) is 7.19. The molecule has 4 rings (SSSR count). The van der Waals surface area contributed by atoms with Crippen molar-refractivity contribution in [3.63, 3.8) is 0 Å². The second kappa shape index (κ2) is 7.81. The average Bonchev–Trinajstić information content (AvgIpc) is 3.07. The standard InChI is InChI=1S/C19H20Cl2N6O3/c1-23-16-15(17(29)24(2)19(23)30)27(18(21)22-16)11-14(28)26-8-6-25(7-9-26)13-5-3-4-12(20)10-13/h3-5,10H,6-9,11H2,1-2H3. The first-order chi connectivity index (χ1) is 14.3. The van der Waals surface area contributed by atoms with Crippen LogP contribution in [0.4, 0.5) is 5.69 Å². The van der Waals surface area contributed by atoms with E-state index in [2.05, 4.69) is 9.88 Å². The predicted octanol–water partition coefficient (Wildman–Crippen LogP) is 1.09. The number of fused-ring (bicyclic) bond motifs is 1. The summed E-state index contributed by atoms with van der Waals surface area (Å²) in [6.45, 7) is 2.28. The van der Waals surface area contributed by atoms with E-state index in [0.29, 0.717) is 31.2 Å². The highest BCUT2D eigenvalue weighted by molar-refractivity contribution is 6.30. The van der Waals surface area contributed by atoms with Gasteiger partial charge >= 0.3 is 5.69 Å². The first-order valence-electron chi connectivity index (χ1n) is 9.38. The van der Waals surface area contributed by atoms with E-state index in [-0.39, 0.29) is 28.9 Å². The number of amides is 1. The summed E-state index contributed by atoms with van der Waals surface area (Å²) in [7, 11) is 2.89. The highest BCUT2D eigenvalue weighted by Crippen LogP contribution is 2.21. The SMILES string of the molecule is Cn1c(=O)c2c(nc(Cl)n2CC(=O)N2CCN(c3cccc(Cl)c3)CC2)n(C)c1=O. The van der Waals surface area contributed by atoms with Crippen LogP contribution in [0.25, 0.3) is 11.2 Å². The van der Waals surface area contributed by atoms with Crippen molar-refractivity contribution in [2.24, 2.45) is 14.1 Å². The van der Waals surface area contributed by atoms with Crippen LogP contribution in [0.3, 0.4) is 0 Å². The minimum absolute atomic E-state index is 0.00536. The van der Waals surface area contributed by atoms with Gasteiger partial charge < -0.3 is 9.80 Å². The zero-order chi connectivity index (χ0) is 21.6. The number of aryl methyl sites for hydroxylation is 1. The van der Waals surface area contributed by atoms with Crippen LogP contribution >= 0.6 is 23.2 Å². The molecule has 9 nitrogen and oxygen atoms in total. The molecule has 0 atom stereocenters. The van der Waals surface area contributed by atoms with Crippen molar-refractivity contribution in [1.82, 2.24) is 23.6 Å². The minimum atomic E-state index is -0.536. The minimum Gasteiger partial charge on any atom is -0.368 e. The Kier molecular flexibility index (Phi) is 5.33. The zero-order valence-corrected chi connectivity index (χ0v) is 18.0. The normalized spacial score (nSPS) is 14.5. The fourth-order valence-corrected chi connectivity index (χ4v) is 4.10. The van der Waals surface area contributed by atoms with Gasteiger partial charge in [-0.15, -0.1) is 0 Å². The van der Waals surface area contributed by atoms with E-state index in [4.69, 9.17) is 23.2 Å². The van der Waals surface area contributed by atoms with E-state index in [1.807, 2.05) is 24.3 Å². The monoisotopic (exact) mass is 450 g/mol. The lowest BCUT2D eigenvalue weighted by molar-refractivity contribution is -0.132. The molecule has 3 heterocycles. The highest BCUT2D eigenvalue weighted by atomic mass is 35.5. The number of imidazole rings is 1. The summed E-state index contributed by atoms with van der Waals surface area (Å²) in [6.07, 6.45) is 0. The molecular formula is C19H20Cl2N6O3. The van der Waals surface area contributed by atoms with Crippen molar-refractivity contribution >= 4 is 46.0 Å². The largest absolute Gasteiger partial charge is 0.368 e. The van der Waals surface area contributed by atoms with Gasteiger partial charge in [-0.1, -0.05) is 17.7 Å². The third-order valence-electron chi connectivity index (χ3n) is 5.40. The van der Waals surface area contributed by atoms with Crippen LogP contribution in [0.2, 0.25) is 10.3 Å². The van der Waals surface area contributed by atoms with Crippen LogP contribution in [0.5, 0.6) is 0 Å². The lowest BCUT2D eigenvalue weighted by Crippen LogP contribution is -2.49. The highest BCUT2D eigenvalue weighted by Gasteiger charge is 2.25. The van der Waals surface area contributed by atoms with Crippen LogP contribution in [0.1, 0.15) is 0 Å². The van der Waals surface area contributed by atoms with Crippen LogP contribution in [0.15, 0.2) is 33.9 Å². The molecule has 3 aromatic rings. The number of aromatic nitrogens is 4. The molecule has 1 aliphatic rings. The summed E-state index contributed by atoms with van der Waals surface area (Å²) in [6, 6.07) is 7.61. The van der Waals surface area contributed by atoms with E-state index in [1.165, 1.54) is 23.2 Å². The van der Waals surface area contributed by atoms with Crippen molar-refractivity contribution in [3.8, 4) is 0 Å². The number of carbonyl (C=O) groups is 1. The molecule has 1 fully saturated rings. The van der Waals surface area contributed by atoms with Gasteiger partial charge in [-0.05, 0) is 29.8 Å². The van der Waals surface area contributed by atoms with Gasteiger partial charge in [-0.3, -0.25) is 23.3 Å². The summed E-state index contributed by atoms with van der Waals surface area (Å²) in [5.41, 5.74) is 0.271. The number of rotatable bonds is 3. The second-order valence-corrected chi connectivity index (χ2v) is 7.97. The third kappa shape index (κ3) is 3.48. The fourth-order valence-electron chi connectivity index (χ4n) is 3.69. The Labute approximate surface area is 181 Å². The Morgan fingerprint density at radius 3 is 2.43 bits per heavy atom. The quantitative estimate of drug-likeness (QED) is 0.557. The molecule has 158 valence electrons. The van der Waals surface area contributed by atoms with Crippen molar-refractivity contribution in [2.75, 3.05) is 31.1 Å². The maximum atomic E-state index is 12.9. The summed E-state index contributed by atoms with van der Waals surface area (Å²) in [5, 5.41) is 0.665. The van der Waals surface area contributed by atoms with Gasteiger partial charge in [-0.2, -0.15) is 4.98 Å². The number of anilines is 1. The molecule has 0 saturated carbocycles. The maximum absolute atomic E-state index is 12.9. The van der Waals surface area contributed by atoms with E-state index in [9.17, 15) is 14.4 Å². The molecule has 1 aliphatic heterocycles. The molecule has 2 aromatic heterocycles. The lowest BCUT2D eigenvalue weighted by Gasteiger charge is -2.36. The average molecular weight is 451 g/mol. The predicted molar refractivity (Wildman–Crippen MR) is 115 cm³/mol. The summed E-state index contributed by atoms with van der Waals surface area (Å²) in [5.74, 6) is -0.169. The van der Waals surface area contributed by atoms with Crippen molar-refractivity contribution in [2.45, 2.75) is 6.54 Å². The van der Waals surface area contributed by atoms with Gasteiger partial charge in [-0.25, -0.2) is 4.79 Å². The molecule has 1 saturated heterocycles. The number of benzene rings is 1. The molecular weight excluding hydrogens is 431 g/mol. The van der Waals surface area contributed by atoms with Crippen LogP contribution in [-0.2, 0) is 25.4 Å². The molecule has 0 radical (unpaired) electrons. The number of nitrogens with zero attached hydrogens (tertiary/aromatic N) is 6. The lowest BCUT2D eigenvalue weighted by atomic mass is 10.2. The number of halogens is 2. The Morgan fingerprint density at radius 1 is 1.07 bits per heavy atom. The molecule has 0 bridgehead atoms. The van der Waals surface area contributed by atoms with E-state index in [0.717, 1.165) is 10.3 Å². The summed E-state index contributed by atoms with van der Waals surface area (Å²) >= 11 is 12.3. The third-order valence-corrected chi connectivity index (χ3v) is 5.92. The smallest absolute Gasteiger partial charge is 0.332 e. The zero-order valence-electron chi connectivity index (χ0n) is 16.5. The topological polar surface area (TPSA) is 85.4 Å². The first-order valence-corrected chi connectivity index (χ1v) is 10.1. The number of hydrogen-bond donors (Lipinski definition) is 0. The van der Waals surface area contributed by atoms with Crippen molar-refractivity contribution < 1.29 is 4.79 Å². The number of piperazine rings is 1. The van der Waals surface area contributed by atoms with Gasteiger partial charge in [0.2, 0.25) is 11.2 Å². The van der Waals surface area contributed by atoms with Gasteiger partial charge in [0.15, 0.2) is 11.2 Å². The molecule has 0 unspecified atom stereocenters. The van der Waals surface area contributed by atoms with Gasteiger partial charge in [0.1, 0.15) is 6.54 Å². The Hall–Kier alpha value is -2.78. The van der Waals surface area contributed by atoms with Gasteiger partial charge in [0, 0.05) is 51.0 Å². The molecule has 1 aromatic carbocycles. The van der Waals surface area contributed by atoms with E-state index >= 15 is 0 Å². The van der Waals surface area contributed by atoms with Crippen molar-refractivity contribution in [1.29, 1.82) is 0 Å². The van der Waals surface area contributed by atoms with E-state index in [1.54, 1.807) is 4.90 Å². The van der Waals surface area contributed by atoms with Gasteiger partial charge in [0.25, 0.3) is 5.56 Å². The van der Waals surface area contributed by atoms with Gasteiger partial charge in [0.05, 0.1) is 0 Å². The van der Waals surface area contributed by atoms with Crippen molar-refractivity contribution in [3.05, 3.63) is 55.4 Å². The summed E-state index contributed by atoms with van der Waals surface area (Å²) < 4.78 is 3.59. The molecule has 0 N–H and O–H groups in total. The fraction of sp³-hybridized carbons (Fsp3) is 0.368. The molecule has 0 aliphatic carbocycles. The number of carbonyl (C=O) groups excluding carboxylic acids is 1. The van der Waals surface area contributed by atoms with Crippen LogP contribution in [-0.4, -0.2) is 55.7 Å². The van der Waals surface area contributed by atoms with Crippen LogP contribution in [0, 0.1) is 0 Å². The number of hydrogen-bond acceptors (Lipinski definition) is 5.